The molecule has 1 heteroatoms. The molecule has 0 spiro atoms. The lowest BCUT2D eigenvalue weighted by Gasteiger charge is -2.22. The molecule has 0 amide bonds. The molecule has 0 bridgehead atoms. The van der Waals surface area contributed by atoms with Crippen LogP contribution in [0.15, 0.2) is 0 Å². The van der Waals surface area contributed by atoms with Crippen molar-refractivity contribution in [1.29, 1.82) is 0 Å². The minimum absolute atomic E-state index is 0.868. The summed E-state index contributed by atoms with van der Waals surface area (Å²) in [6, 6.07) is 0. The third kappa shape index (κ3) is 22.4. The number of nitrogens with zero attached hydrogens (tertiary/aromatic N) is 1. The summed E-state index contributed by atoms with van der Waals surface area (Å²) in [5.74, 6) is 5.51. The molecule has 0 aromatic carbocycles. The maximum atomic E-state index is 2.49. The second kappa shape index (κ2) is 22.2. The molecule has 0 aliphatic carbocycles. The molecular weight excluding hydrogens is 410 g/mol. The van der Waals surface area contributed by atoms with Crippen molar-refractivity contribution in [2.75, 3.05) is 20.6 Å². The third-order valence-corrected chi connectivity index (χ3v) is 8.36. The Morgan fingerprint density at radius 1 is 0.441 bits per heavy atom. The molecule has 0 aliphatic rings. The molecule has 0 fully saturated rings. The summed E-state index contributed by atoms with van der Waals surface area (Å²) in [5.41, 5.74) is 0. The van der Waals surface area contributed by atoms with E-state index in [0.29, 0.717) is 0 Å². The molecule has 4 unspecified atom stereocenters. The molecule has 0 heterocycles. The Labute approximate surface area is 218 Å². The van der Waals surface area contributed by atoms with Crippen LogP contribution in [0.3, 0.4) is 0 Å². The van der Waals surface area contributed by atoms with E-state index in [9.17, 15) is 0 Å². The second-order valence-electron chi connectivity index (χ2n) is 13.4. The maximum Gasteiger partial charge on any atom is -0.00222 e. The lowest BCUT2D eigenvalue weighted by Crippen LogP contribution is -2.17. The molecule has 206 valence electrons. The minimum Gasteiger partial charge on any atom is -0.309 e. The average molecular weight is 480 g/mol. The van der Waals surface area contributed by atoms with Gasteiger partial charge >= 0.3 is 0 Å². The van der Waals surface area contributed by atoms with Crippen molar-refractivity contribution in [1.82, 2.24) is 4.90 Å². The van der Waals surface area contributed by atoms with Crippen molar-refractivity contribution >= 4 is 0 Å². The average Bonchev–Trinajstić information content (AvgIpc) is 2.75. The molecule has 0 aromatic rings. The van der Waals surface area contributed by atoms with Crippen LogP contribution >= 0.6 is 0 Å². The van der Waals surface area contributed by atoms with Crippen LogP contribution in [0.2, 0.25) is 0 Å². The Kier molecular flexibility index (Phi) is 22.2. The van der Waals surface area contributed by atoms with E-state index >= 15 is 0 Å². The van der Waals surface area contributed by atoms with E-state index in [1.807, 2.05) is 0 Å². The van der Waals surface area contributed by atoms with E-state index in [1.54, 1.807) is 0 Å². The first-order valence-corrected chi connectivity index (χ1v) is 15.8. The number of hydrogen-bond donors (Lipinski definition) is 0. The Bertz CT molecular complexity index is 413. The summed E-state index contributed by atoms with van der Waals surface area (Å²) in [5, 5.41) is 0. The normalized spacial score (nSPS) is 15.9. The van der Waals surface area contributed by atoms with E-state index < -0.39 is 0 Å². The van der Waals surface area contributed by atoms with Crippen molar-refractivity contribution in [3.63, 3.8) is 0 Å². The van der Waals surface area contributed by atoms with Crippen LogP contribution in [0.5, 0.6) is 0 Å². The van der Waals surface area contributed by atoms with Gasteiger partial charge in [-0.2, -0.15) is 0 Å². The van der Waals surface area contributed by atoms with Gasteiger partial charge in [0.25, 0.3) is 0 Å². The molecule has 0 aromatic heterocycles. The first-order valence-electron chi connectivity index (χ1n) is 15.8. The molecular formula is C33H69N. The summed E-state index contributed by atoms with van der Waals surface area (Å²) >= 11 is 0. The molecule has 4 atom stereocenters. The van der Waals surface area contributed by atoms with Gasteiger partial charge in [-0.1, -0.05) is 151 Å². The zero-order chi connectivity index (χ0) is 25.8. The van der Waals surface area contributed by atoms with Gasteiger partial charge in [-0.25, -0.2) is 0 Å². The van der Waals surface area contributed by atoms with Crippen LogP contribution in [-0.4, -0.2) is 25.5 Å². The van der Waals surface area contributed by atoms with Crippen LogP contribution in [0.25, 0.3) is 0 Å². The highest BCUT2D eigenvalue weighted by atomic mass is 15.0. The van der Waals surface area contributed by atoms with E-state index in [0.717, 1.165) is 35.5 Å². The van der Waals surface area contributed by atoms with Gasteiger partial charge in [0.05, 0.1) is 0 Å². The molecule has 0 aliphatic heterocycles. The highest BCUT2D eigenvalue weighted by Gasteiger charge is 2.14. The van der Waals surface area contributed by atoms with E-state index in [4.69, 9.17) is 0 Å². The molecule has 0 radical (unpaired) electrons. The quantitative estimate of drug-likeness (QED) is 0.133. The van der Waals surface area contributed by atoms with Crippen LogP contribution < -0.4 is 0 Å². The number of hydrogen-bond acceptors (Lipinski definition) is 1. The van der Waals surface area contributed by atoms with Gasteiger partial charge < -0.3 is 4.90 Å². The summed E-state index contributed by atoms with van der Waals surface area (Å²) in [4.78, 5) is 2.39. The van der Waals surface area contributed by atoms with E-state index in [1.165, 1.54) is 116 Å². The Balaban J connectivity index is 4.19. The van der Waals surface area contributed by atoms with Crippen LogP contribution in [-0.2, 0) is 0 Å². The Hall–Kier alpha value is -0.0400. The fraction of sp³-hybridized carbons (Fsp3) is 1.00. The maximum absolute atomic E-state index is 2.49. The topological polar surface area (TPSA) is 3.24 Å². The van der Waals surface area contributed by atoms with Gasteiger partial charge in [-0.3, -0.25) is 0 Å². The lowest BCUT2D eigenvalue weighted by atomic mass is 9.86. The zero-order valence-electron chi connectivity index (χ0n) is 25.6. The first-order chi connectivity index (χ1) is 16.1. The highest BCUT2D eigenvalue weighted by molar-refractivity contribution is 4.67. The van der Waals surface area contributed by atoms with Crippen molar-refractivity contribution in [2.45, 2.75) is 158 Å². The van der Waals surface area contributed by atoms with Gasteiger partial charge in [0.15, 0.2) is 0 Å². The summed E-state index contributed by atoms with van der Waals surface area (Å²) in [7, 11) is 4.48. The zero-order valence-corrected chi connectivity index (χ0v) is 25.6. The summed E-state index contributed by atoms with van der Waals surface area (Å²) < 4.78 is 0. The number of rotatable bonds is 24. The molecule has 0 N–H and O–H groups in total. The monoisotopic (exact) mass is 480 g/mol. The fourth-order valence-electron chi connectivity index (χ4n) is 5.67. The van der Waals surface area contributed by atoms with Gasteiger partial charge in [-0.05, 0) is 62.6 Å². The second-order valence-corrected chi connectivity index (χ2v) is 13.4. The molecule has 34 heavy (non-hydrogen) atoms. The molecule has 0 rings (SSSR count). The van der Waals surface area contributed by atoms with Gasteiger partial charge in [0, 0.05) is 0 Å². The standard InChI is InChI=1S/C33H69N/c1-10-32(22-13-20-30(6)18-11-16-28(2)3)23-15-25-33(26-27-34(8)9)24-14-21-31(7)19-12-17-29(4)5/h28-33H,10-27H2,1-9H3. The van der Waals surface area contributed by atoms with Crippen molar-refractivity contribution in [3.05, 3.63) is 0 Å². The third-order valence-electron chi connectivity index (χ3n) is 8.36. The first kappa shape index (κ1) is 34.0. The lowest BCUT2D eigenvalue weighted by molar-refractivity contribution is 0.296. The van der Waals surface area contributed by atoms with Crippen molar-refractivity contribution in [2.24, 2.45) is 35.5 Å². The van der Waals surface area contributed by atoms with Crippen LogP contribution in [0.1, 0.15) is 158 Å². The van der Waals surface area contributed by atoms with Gasteiger partial charge in [-0.15, -0.1) is 0 Å². The molecule has 0 saturated carbocycles. The van der Waals surface area contributed by atoms with E-state index in [-0.39, 0.29) is 0 Å². The smallest absolute Gasteiger partial charge is 0.00222 e. The minimum atomic E-state index is 0.868. The van der Waals surface area contributed by atoms with E-state index in [2.05, 4.69) is 67.5 Å². The highest BCUT2D eigenvalue weighted by Crippen LogP contribution is 2.27. The van der Waals surface area contributed by atoms with Crippen LogP contribution in [0, 0.1) is 35.5 Å². The molecule has 1 nitrogen and oxygen atoms in total. The molecule has 0 saturated heterocycles. The summed E-state index contributed by atoms with van der Waals surface area (Å²) in [6.07, 6.45) is 24.5. The fourth-order valence-corrected chi connectivity index (χ4v) is 5.67. The van der Waals surface area contributed by atoms with Crippen LogP contribution in [0.4, 0.5) is 0 Å². The van der Waals surface area contributed by atoms with Gasteiger partial charge in [0.2, 0.25) is 0 Å². The van der Waals surface area contributed by atoms with Gasteiger partial charge in [0.1, 0.15) is 0 Å². The van der Waals surface area contributed by atoms with Crippen molar-refractivity contribution < 1.29 is 0 Å². The largest absolute Gasteiger partial charge is 0.309 e. The predicted octanol–water partition coefficient (Wildman–Crippen LogP) is 11.0. The predicted molar refractivity (Wildman–Crippen MR) is 158 cm³/mol. The Morgan fingerprint density at radius 2 is 0.794 bits per heavy atom. The SMILES string of the molecule is CCC(CCCC(C)CCCC(C)C)CCCC(CCCC(C)CCCC(C)C)CCN(C)C. The van der Waals surface area contributed by atoms with Crippen molar-refractivity contribution in [3.8, 4) is 0 Å². The summed E-state index contributed by atoms with van der Waals surface area (Å²) in [6.45, 7) is 18.1. The Morgan fingerprint density at radius 3 is 1.15 bits per heavy atom.